The van der Waals surface area contributed by atoms with E-state index in [1.807, 2.05) is 22.9 Å². The summed E-state index contributed by atoms with van der Waals surface area (Å²) in [5, 5.41) is 26.8. The van der Waals surface area contributed by atoms with E-state index < -0.39 is 6.10 Å². The number of benzene rings is 2. The summed E-state index contributed by atoms with van der Waals surface area (Å²) in [6.07, 6.45) is 4.55. The second-order valence-corrected chi connectivity index (χ2v) is 11.4. The van der Waals surface area contributed by atoms with Gasteiger partial charge in [0, 0.05) is 47.9 Å². The van der Waals surface area contributed by atoms with Gasteiger partial charge >= 0.3 is 0 Å². The lowest BCUT2D eigenvalue weighted by molar-refractivity contribution is 0.117. The maximum atomic E-state index is 13.0. The van der Waals surface area contributed by atoms with Gasteiger partial charge in [0.2, 0.25) is 6.79 Å². The number of pyridine rings is 1. The molecule has 0 amide bonds. The molecule has 1 fully saturated rings. The van der Waals surface area contributed by atoms with Crippen molar-refractivity contribution in [2.24, 2.45) is 0 Å². The first kappa shape index (κ1) is 27.4. The predicted octanol–water partition coefficient (Wildman–Crippen LogP) is 4.08. The van der Waals surface area contributed by atoms with Crippen LogP contribution in [0.5, 0.6) is 23.1 Å². The molecule has 2 aliphatic heterocycles. The Hall–Kier alpha value is -4.39. The fourth-order valence-electron chi connectivity index (χ4n) is 5.74. The Morgan fingerprint density at radius 2 is 2.00 bits per heavy atom. The Bertz CT molecular complexity index is 1870. The number of rotatable bonds is 8. The predicted molar refractivity (Wildman–Crippen MR) is 163 cm³/mol. The molecule has 5 aromatic rings. The van der Waals surface area contributed by atoms with Gasteiger partial charge in [-0.05, 0) is 51.2 Å². The highest BCUT2D eigenvalue weighted by molar-refractivity contribution is 6.32. The number of nitrogens with zero attached hydrogens (tertiary/aromatic N) is 3. The van der Waals surface area contributed by atoms with Crippen LogP contribution < -0.4 is 25.1 Å². The Morgan fingerprint density at radius 1 is 1.21 bits per heavy atom. The molecule has 0 saturated carbocycles. The SMILES string of the molecule is CN1CCC(n2cc3cc4[nH]c(-c5c(NC[C@@H](O)COc6cc7c(cc6Cl)OCO7)cc[nH]c5=O)nc4cc3c2O)CC1. The molecule has 12 nitrogen and oxygen atoms in total. The maximum absolute atomic E-state index is 13.0. The van der Waals surface area contributed by atoms with E-state index in [2.05, 4.69) is 27.2 Å². The Morgan fingerprint density at radius 3 is 2.81 bits per heavy atom. The molecule has 2 aromatic carbocycles. The number of ether oxygens (including phenoxy) is 3. The molecule has 0 aliphatic carbocycles. The van der Waals surface area contributed by atoms with E-state index in [1.54, 1.807) is 18.2 Å². The number of hydrogen-bond donors (Lipinski definition) is 5. The van der Waals surface area contributed by atoms with Crippen molar-refractivity contribution in [3.63, 3.8) is 0 Å². The molecular weight excluding hydrogens is 576 g/mol. The van der Waals surface area contributed by atoms with Crippen molar-refractivity contribution in [1.82, 2.24) is 24.4 Å². The first-order valence-electron chi connectivity index (χ1n) is 14.1. The summed E-state index contributed by atoms with van der Waals surface area (Å²) < 4.78 is 18.3. The number of hydrogen-bond acceptors (Lipinski definition) is 9. The molecule has 3 aromatic heterocycles. The molecule has 0 spiro atoms. The first-order valence-corrected chi connectivity index (χ1v) is 14.5. The lowest BCUT2D eigenvalue weighted by atomic mass is 10.1. The monoisotopic (exact) mass is 606 g/mol. The van der Waals surface area contributed by atoms with Crippen LogP contribution in [0, 0.1) is 0 Å². The zero-order valence-electron chi connectivity index (χ0n) is 23.4. The summed E-state index contributed by atoms with van der Waals surface area (Å²) in [5.74, 6) is 2.03. The van der Waals surface area contributed by atoms with E-state index in [1.165, 1.54) is 6.20 Å². The number of aliphatic hydroxyl groups is 1. The standard InChI is InChI=1S/C30H31ClN6O6/c1-36-6-3-17(4-7-36)37-13-16-8-22-23(9-19(16)30(37)40)35-28(34-22)27-21(2-5-32-29(27)39)33-12-18(38)14-41-24-11-26-25(10-20(24)31)42-15-43-26/h2,5,8-11,13,17-18,38,40H,3-4,6-7,12,14-15H2,1H3,(H,34,35)(H2,32,33,39)/t18-/m1/s1. The molecular formula is C30H31ClN6O6. The lowest BCUT2D eigenvalue weighted by Crippen LogP contribution is -2.31. The van der Waals surface area contributed by atoms with E-state index >= 15 is 0 Å². The summed E-state index contributed by atoms with van der Waals surface area (Å²) in [4.78, 5) is 25.9. The van der Waals surface area contributed by atoms with Crippen LogP contribution in [0.15, 0.2) is 47.5 Å². The number of imidazole rings is 1. The average molecular weight is 607 g/mol. The van der Waals surface area contributed by atoms with E-state index in [9.17, 15) is 15.0 Å². The minimum absolute atomic E-state index is 0.0495. The fourth-order valence-corrected chi connectivity index (χ4v) is 5.94. The number of piperidine rings is 1. The van der Waals surface area contributed by atoms with Gasteiger partial charge in [-0.3, -0.25) is 4.79 Å². The van der Waals surface area contributed by atoms with Crippen molar-refractivity contribution in [3.8, 4) is 34.5 Å². The third kappa shape index (κ3) is 5.22. The van der Waals surface area contributed by atoms with Crippen LogP contribution in [0.4, 0.5) is 5.69 Å². The van der Waals surface area contributed by atoms with Gasteiger partial charge in [-0.2, -0.15) is 0 Å². The van der Waals surface area contributed by atoms with Crippen LogP contribution in [0.3, 0.4) is 0 Å². The molecule has 43 heavy (non-hydrogen) atoms. The van der Waals surface area contributed by atoms with Gasteiger partial charge in [0.1, 0.15) is 29.8 Å². The van der Waals surface area contributed by atoms with Gasteiger partial charge in [0.25, 0.3) is 5.56 Å². The molecule has 1 saturated heterocycles. The molecule has 1 atom stereocenters. The van der Waals surface area contributed by atoms with Gasteiger partial charge < -0.3 is 49.2 Å². The smallest absolute Gasteiger partial charge is 0.261 e. The molecule has 5 heterocycles. The van der Waals surface area contributed by atoms with Crippen molar-refractivity contribution >= 4 is 39.1 Å². The second kappa shape index (κ2) is 11.0. The van der Waals surface area contributed by atoms with Crippen molar-refractivity contribution < 1.29 is 24.4 Å². The number of fused-ring (bicyclic) bond motifs is 3. The van der Waals surface area contributed by atoms with Crippen LogP contribution in [-0.2, 0) is 0 Å². The van der Waals surface area contributed by atoms with Gasteiger partial charge in [0.15, 0.2) is 17.4 Å². The number of aromatic hydroxyl groups is 1. The van der Waals surface area contributed by atoms with Crippen molar-refractivity contribution in [1.29, 1.82) is 0 Å². The summed E-state index contributed by atoms with van der Waals surface area (Å²) in [6.45, 7) is 2.14. The van der Waals surface area contributed by atoms with Crippen molar-refractivity contribution in [2.45, 2.75) is 25.0 Å². The molecule has 224 valence electrons. The van der Waals surface area contributed by atoms with Crippen LogP contribution in [0.2, 0.25) is 5.02 Å². The third-order valence-corrected chi connectivity index (χ3v) is 8.38. The van der Waals surface area contributed by atoms with E-state index in [0.717, 1.165) is 42.2 Å². The molecule has 5 N–H and O–H groups in total. The van der Waals surface area contributed by atoms with Crippen LogP contribution in [-0.4, -0.2) is 80.8 Å². The van der Waals surface area contributed by atoms with E-state index in [4.69, 9.17) is 30.8 Å². The molecule has 0 bridgehead atoms. The Labute approximate surface area is 250 Å². The quantitative estimate of drug-likeness (QED) is 0.176. The normalized spacial score (nSPS) is 16.3. The number of aromatic amines is 2. The van der Waals surface area contributed by atoms with Gasteiger partial charge in [-0.1, -0.05) is 11.6 Å². The molecule has 0 radical (unpaired) electrons. The number of aromatic nitrogens is 4. The highest BCUT2D eigenvalue weighted by Crippen LogP contribution is 2.40. The van der Waals surface area contributed by atoms with Crippen LogP contribution >= 0.6 is 11.6 Å². The number of nitrogens with one attached hydrogen (secondary N) is 3. The zero-order valence-corrected chi connectivity index (χ0v) is 24.1. The lowest BCUT2D eigenvalue weighted by Gasteiger charge is -2.30. The Kier molecular flexibility index (Phi) is 7.04. The summed E-state index contributed by atoms with van der Waals surface area (Å²) >= 11 is 6.26. The molecule has 2 aliphatic rings. The number of likely N-dealkylation sites (tertiary alicyclic amines) is 1. The second-order valence-electron chi connectivity index (χ2n) is 11.0. The highest BCUT2D eigenvalue weighted by Gasteiger charge is 2.23. The number of aliphatic hydroxyl groups excluding tert-OH is 1. The van der Waals surface area contributed by atoms with Gasteiger partial charge in [-0.15, -0.1) is 0 Å². The van der Waals surface area contributed by atoms with E-state index in [-0.39, 0.29) is 37.4 Å². The topological polar surface area (TPSA) is 150 Å². The molecule has 7 rings (SSSR count). The highest BCUT2D eigenvalue weighted by atomic mass is 35.5. The largest absolute Gasteiger partial charge is 0.494 e. The Balaban J connectivity index is 1.09. The van der Waals surface area contributed by atoms with Crippen molar-refractivity contribution in [2.75, 3.05) is 45.4 Å². The molecule has 0 unspecified atom stereocenters. The summed E-state index contributed by atoms with van der Waals surface area (Å²) in [6, 6.07) is 8.98. The number of halogens is 1. The fraction of sp³-hybridized carbons (Fsp3) is 0.333. The maximum Gasteiger partial charge on any atom is 0.261 e. The van der Waals surface area contributed by atoms with E-state index in [0.29, 0.717) is 44.9 Å². The third-order valence-electron chi connectivity index (χ3n) is 8.08. The average Bonchev–Trinajstić information content (AvgIpc) is 3.70. The summed E-state index contributed by atoms with van der Waals surface area (Å²) in [7, 11) is 2.11. The molecule has 13 heteroatoms. The minimum Gasteiger partial charge on any atom is -0.494 e. The summed E-state index contributed by atoms with van der Waals surface area (Å²) in [5.41, 5.74) is 1.82. The van der Waals surface area contributed by atoms with Crippen LogP contribution in [0.25, 0.3) is 33.2 Å². The number of anilines is 1. The van der Waals surface area contributed by atoms with Gasteiger partial charge in [0.05, 0.1) is 21.7 Å². The number of H-pyrrole nitrogens is 2. The van der Waals surface area contributed by atoms with Crippen molar-refractivity contribution in [3.05, 3.63) is 58.1 Å². The zero-order chi connectivity index (χ0) is 29.7. The van der Waals surface area contributed by atoms with Gasteiger partial charge in [-0.25, -0.2) is 4.98 Å². The van der Waals surface area contributed by atoms with Crippen LogP contribution in [0.1, 0.15) is 18.9 Å². The first-order chi connectivity index (χ1) is 20.8. The minimum atomic E-state index is -0.922.